The summed E-state index contributed by atoms with van der Waals surface area (Å²) in [6, 6.07) is 0. The van der Waals surface area contributed by atoms with Crippen molar-refractivity contribution in [3.8, 4) is 0 Å². The van der Waals surface area contributed by atoms with Crippen molar-refractivity contribution in [2.45, 2.75) is 40.7 Å². The van der Waals surface area contributed by atoms with Crippen LogP contribution in [0, 0.1) is 12.8 Å². The smallest absolute Gasteiger partial charge is 0.203 e. The second-order valence-electron chi connectivity index (χ2n) is 5.74. The van der Waals surface area contributed by atoms with Crippen LogP contribution in [0.25, 0.3) is 0 Å². The predicted octanol–water partition coefficient (Wildman–Crippen LogP) is 2.60. The summed E-state index contributed by atoms with van der Waals surface area (Å²) in [5.74, 6) is 1.55. The molecule has 0 amide bonds. The molecule has 2 aromatic heterocycles. The average molecular weight is 275 g/mol. The van der Waals surface area contributed by atoms with Crippen LogP contribution in [-0.4, -0.2) is 25.9 Å². The number of hydrogen-bond acceptors (Lipinski definition) is 3. The van der Waals surface area contributed by atoms with Gasteiger partial charge in [0, 0.05) is 31.5 Å². The molecule has 0 aliphatic rings. The molecule has 110 valence electrons. The summed E-state index contributed by atoms with van der Waals surface area (Å²) in [4.78, 5) is 4.57. The van der Waals surface area contributed by atoms with Gasteiger partial charge in [0.05, 0.1) is 17.9 Å². The Morgan fingerprint density at radius 3 is 2.70 bits per heavy atom. The fourth-order valence-corrected chi connectivity index (χ4v) is 2.30. The molecule has 0 aliphatic heterocycles. The highest BCUT2D eigenvalue weighted by Crippen LogP contribution is 2.15. The zero-order chi connectivity index (χ0) is 14.7. The van der Waals surface area contributed by atoms with E-state index < -0.39 is 0 Å². The summed E-state index contributed by atoms with van der Waals surface area (Å²) in [6.45, 7) is 10.3. The summed E-state index contributed by atoms with van der Waals surface area (Å²) < 4.78 is 4.06. The zero-order valence-electron chi connectivity index (χ0n) is 13.1. The van der Waals surface area contributed by atoms with Crippen molar-refractivity contribution in [2.75, 3.05) is 11.9 Å². The number of hydrogen-bond donors (Lipinski definition) is 1. The summed E-state index contributed by atoms with van der Waals surface area (Å²) in [5, 5.41) is 7.92. The van der Waals surface area contributed by atoms with E-state index in [1.807, 2.05) is 18.7 Å². The van der Waals surface area contributed by atoms with Gasteiger partial charge in [-0.1, -0.05) is 20.8 Å². The van der Waals surface area contributed by atoms with E-state index in [0.717, 1.165) is 36.8 Å². The van der Waals surface area contributed by atoms with Gasteiger partial charge < -0.3 is 9.88 Å². The average Bonchev–Trinajstić information content (AvgIpc) is 2.90. The Morgan fingerprint density at radius 2 is 2.05 bits per heavy atom. The van der Waals surface area contributed by atoms with Gasteiger partial charge in [-0.15, -0.1) is 0 Å². The van der Waals surface area contributed by atoms with Crippen LogP contribution in [0.3, 0.4) is 0 Å². The number of nitrogens with one attached hydrogen (secondary N) is 1. The molecule has 20 heavy (non-hydrogen) atoms. The van der Waals surface area contributed by atoms with Crippen LogP contribution in [0.2, 0.25) is 0 Å². The van der Waals surface area contributed by atoms with E-state index in [-0.39, 0.29) is 0 Å². The largest absolute Gasteiger partial charge is 0.355 e. The first-order chi connectivity index (χ1) is 9.49. The summed E-state index contributed by atoms with van der Waals surface area (Å²) in [7, 11) is 1.97. The third kappa shape index (κ3) is 3.40. The highest BCUT2D eigenvalue weighted by molar-refractivity contribution is 5.31. The lowest BCUT2D eigenvalue weighted by Crippen LogP contribution is -2.13. The van der Waals surface area contributed by atoms with E-state index >= 15 is 0 Å². The molecule has 0 fully saturated rings. The standard InChI is InChI=1S/C15H25N5/c1-6-14-13(9-19(5)18-14)10-20-8-12(4)17-15(20)16-7-11(2)3/h8-9,11H,6-7,10H2,1-5H3,(H,16,17). The van der Waals surface area contributed by atoms with Gasteiger partial charge in [0.1, 0.15) is 0 Å². The van der Waals surface area contributed by atoms with Crippen molar-refractivity contribution in [3.63, 3.8) is 0 Å². The van der Waals surface area contributed by atoms with Gasteiger partial charge in [0.15, 0.2) is 0 Å². The van der Waals surface area contributed by atoms with Crippen LogP contribution in [0.4, 0.5) is 5.95 Å². The Morgan fingerprint density at radius 1 is 1.30 bits per heavy atom. The minimum absolute atomic E-state index is 0.602. The van der Waals surface area contributed by atoms with Gasteiger partial charge in [-0.2, -0.15) is 5.10 Å². The highest BCUT2D eigenvalue weighted by atomic mass is 15.3. The SMILES string of the molecule is CCc1nn(C)cc1Cn1cc(C)nc1NCC(C)C. The van der Waals surface area contributed by atoms with Crippen molar-refractivity contribution < 1.29 is 0 Å². The molecule has 5 heteroatoms. The van der Waals surface area contributed by atoms with Crippen molar-refractivity contribution in [3.05, 3.63) is 29.3 Å². The van der Waals surface area contributed by atoms with Gasteiger partial charge >= 0.3 is 0 Å². The topological polar surface area (TPSA) is 47.7 Å². The molecular weight excluding hydrogens is 250 g/mol. The molecule has 0 atom stereocenters. The second-order valence-corrected chi connectivity index (χ2v) is 5.74. The molecule has 0 saturated carbocycles. The number of aromatic nitrogens is 4. The summed E-state index contributed by atoms with van der Waals surface area (Å²) in [6.07, 6.45) is 5.15. The quantitative estimate of drug-likeness (QED) is 0.881. The van der Waals surface area contributed by atoms with Crippen molar-refractivity contribution in [2.24, 2.45) is 13.0 Å². The van der Waals surface area contributed by atoms with Crippen LogP contribution in [-0.2, 0) is 20.0 Å². The van der Waals surface area contributed by atoms with Crippen LogP contribution >= 0.6 is 0 Å². The molecule has 1 N–H and O–H groups in total. The highest BCUT2D eigenvalue weighted by Gasteiger charge is 2.11. The van der Waals surface area contributed by atoms with Crippen LogP contribution in [0.1, 0.15) is 37.7 Å². The Kier molecular flexibility index (Phi) is 4.47. The third-order valence-corrected chi connectivity index (χ3v) is 3.23. The number of aryl methyl sites for hydroxylation is 3. The second kappa shape index (κ2) is 6.11. The Bertz CT molecular complexity index is 565. The van der Waals surface area contributed by atoms with E-state index in [4.69, 9.17) is 0 Å². The van der Waals surface area contributed by atoms with Gasteiger partial charge in [0.2, 0.25) is 5.95 Å². The van der Waals surface area contributed by atoms with Crippen molar-refractivity contribution in [1.29, 1.82) is 0 Å². The summed E-state index contributed by atoms with van der Waals surface area (Å²) >= 11 is 0. The lowest BCUT2D eigenvalue weighted by atomic mass is 10.2. The van der Waals surface area contributed by atoms with E-state index in [0.29, 0.717) is 5.92 Å². The molecule has 0 saturated heterocycles. The Balaban J connectivity index is 2.19. The van der Waals surface area contributed by atoms with E-state index in [1.165, 1.54) is 5.56 Å². The lowest BCUT2D eigenvalue weighted by molar-refractivity contribution is 0.676. The molecule has 0 bridgehead atoms. The van der Waals surface area contributed by atoms with Crippen LogP contribution < -0.4 is 5.32 Å². The number of rotatable bonds is 6. The number of nitrogens with zero attached hydrogens (tertiary/aromatic N) is 4. The molecule has 0 aliphatic carbocycles. The maximum Gasteiger partial charge on any atom is 0.203 e. The lowest BCUT2D eigenvalue weighted by Gasteiger charge is -2.11. The third-order valence-electron chi connectivity index (χ3n) is 3.23. The molecule has 2 heterocycles. The zero-order valence-corrected chi connectivity index (χ0v) is 13.1. The van der Waals surface area contributed by atoms with Gasteiger partial charge in [-0.05, 0) is 19.3 Å². The summed E-state index contributed by atoms with van der Waals surface area (Å²) in [5.41, 5.74) is 3.46. The van der Waals surface area contributed by atoms with Crippen molar-refractivity contribution >= 4 is 5.95 Å². The molecule has 0 unspecified atom stereocenters. The monoisotopic (exact) mass is 275 g/mol. The maximum absolute atomic E-state index is 4.57. The molecule has 0 spiro atoms. The number of imidazole rings is 1. The van der Waals surface area contributed by atoms with Gasteiger partial charge in [-0.25, -0.2) is 4.98 Å². The molecule has 2 aromatic rings. The molecule has 0 aromatic carbocycles. The Hall–Kier alpha value is -1.78. The van der Waals surface area contributed by atoms with Crippen LogP contribution in [0.15, 0.2) is 12.4 Å². The van der Waals surface area contributed by atoms with E-state index in [1.54, 1.807) is 0 Å². The molecule has 5 nitrogen and oxygen atoms in total. The maximum atomic E-state index is 4.57. The fourth-order valence-electron chi connectivity index (χ4n) is 2.30. The van der Waals surface area contributed by atoms with Gasteiger partial charge in [0.25, 0.3) is 0 Å². The molecule has 2 rings (SSSR count). The predicted molar refractivity (Wildman–Crippen MR) is 82.0 cm³/mol. The fraction of sp³-hybridized carbons (Fsp3) is 0.600. The first-order valence-corrected chi connectivity index (χ1v) is 7.28. The van der Waals surface area contributed by atoms with E-state index in [2.05, 4.69) is 53.1 Å². The Labute approximate surface area is 121 Å². The minimum atomic E-state index is 0.602. The first kappa shape index (κ1) is 14.6. The first-order valence-electron chi connectivity index (χ1n) is 7.28. The van der Waals surface area contributed by atoms with Gasteiger partial charge in [-0.3, -0.25) is 4.68 Å². The number of anilines is 1. The van der Waals surface area contributed by atoms with Crippen molar-refractivity contribution in [1.82, 2.24) is 19.3 Å². The molecular formula is C15H25N5. The van der Waals surface area contributed by atoms with Crippen LogP contribution in [0.5, 0.6) is 0 Å². The molecule has 0 radical (unpaired) electrons. The normalized spacial score (nSPS) is 11.3. The van der Waals surface area contributed by atoms with E-state index in [9.17, 15) is 0 Å². The minimum Gasteiger partial charge on any atom is -0.355 e.